The summed E-state index contributed by atoms with van der Waals surface area (Å²) in [6, 6.07) is 18.3. The molecule has 5 heteroatoms. The van der Waals surface area contributed by atoms with Crippen LogP contribution in [-0.4, -0.2) is 28.0 Å². The van der Waals surface area contributed by atoms with E-state index >= 15 is 0 Å². The highest BCUT2D eigenvalue weighted by Crippen LogP contribution is 2.17. The predicted octanol–water partition coefficient (Wildman–Crippen LogP) is 4.10. The maximum atomic E-state index is 11.9. The number of aryl methyl sites for hydroxylation is 1. The molecule has 132 valence electrons. The average Bonchev–Trinajstić information content (AvgIpc) is 3.15. The Morgan fingerprint density at radius 2 is 1.92 bits per heavy atom. The third kappa shape index (κ3) is 5.36. The van der Waals surface area contributed by atoms with Crippen LogP contribution in [0.25, 0.3) is 11.8 Å². The van der Waals surface area contributed by atoms with Crippen LogP contribution in [0.15, 0.2) is 78.0 Å². The number of benzene rings is 2. The molecule has 4 nitrogen and oxygen atoms in total. The molecule has 1 N–H and O–H groups in total. The van der Waals surface area contributed by atoms with Crippen LogP contribution in [0.4, 0.5) is 0 Å². The van der Waals surface area contributed by atoms with E-state index in [1.54, 1.807) is 34.8 Å². The first kappa shape index (κ1) is 18.0. The molecule has 0 aliphatic heterocycles. The molecule has 1 aromatic heterocycles. The number of amides is 1. The molecule has 2 aromatic carbocycles. The number of hydrogen-bond donors (Lipinski definition) is 1. The van der Waals surface area contributed by atoms with Crippen molar-refractivity contribution < 1.29 is 4.79 Å². The largest absolute Gasteiger partial charge is 0.352 e. The van der Waals surface area contributed by atoms with E-state index in [2.05, 4.69) is 41.6 Å². The Morgan fingerprint density at radius 1 is 1.15 bits per heavy atom. The van der Waals surface area contributed by atoms with Gasteiger partial charge in [0.15, 0.2) is 0 Å². The van der Waals surface area contributed by atoms with Gasteiger partial charge in [0.05, 0.1) is 11.9 Å². The molecule has 0 aliphatic rings. The van der Waals surface area contributed by atoms with Gasteiger partial charge in [-0.05, 0) is 37.3 Å². The van der Waals surface area contributed by atoms with Crippen LogP contribution in [0.2, 0.25) is 0 Å². The molecule has 1 amide bonds. The van der Waals surface area contributed by atoms with E-state index in [1.165, 1.54) is 10.5 Å². The minimum Gasteiger partial charge on any atom is -0.352 e. The second-order valence-corrected chi connectivity index (χ2v) is 7.01. The molecular formula is C21H21N3OS. The number of nitrogens with one attached hydrogen (secondary N) is 1. The van der Waals surface area contributed by atoms with Crippen LogP contribution in [0, 0.1) is 6.92 Å². The summed E-state index contributed by atoms with van der Waals surface area (Å²) in [6.07, 6.45) is 6.95. The smallest absolute Gasteiger partial charge is 0.244 e. The minimum absolute atomic E-state index is 0.0954. The molecule has 3 rings (SSSR count). The van der Waals surface area contributed by atoms with E-state index in [1.807, 2.05) is 36.5 Å². The van der Waals surface area contributed by atoms with Gasteiger partial charge in [0.1, 0.15) is 0 Å². The minimum atomic E-state index is -0.0954. The molecule has 0 radical (unpaired) electrons. The van der Waals surface area contributed by atoms with Crippen molar-refractivity contribution in [3.63, 3.8) is 0 Å². The Bertz CT molecular complexity index is 870. The zero-order valence-corrected chi connectivity index (χ0v) is 15.4. The van der Waals surface area contributed by atoms with Crippen LogP contribution >= 0.6 is 11.8 Å². The maximum Gasteiger partial charge on any atom is 0.244 e. The number of rotatable bonds is 7. The van der Waals surface area contributed by atoms with Gasteiger partial charge in [-0.2, -0.15) is 5.10 Å². The van der Waals surface area contributed by atoms with Crippen molar-refractivity contribution >= 4 is 23.7 Å². The van der Waals surface area contributed by atoms with Crippen molar-refractivity contribution in [1.29, 1.82) is 0 Å². The summed E-state index contributed by atoms with van der Waals surface area (Å²) in [4.78, 5) is 13.1. The van der Waals surface area contributed by atoms with Gasteiger partial charge in [-0.1, -0.05) is 35.9 Å². The number of hydrogen-bond acceptors (Lipinski definition) is 3. The number of nitrogens with zero attached hydrogens (tertiary/aromatic N) is 2. The fourth-order valence-electron chi connectivity index (χ4n) is 2.35. The molecule has 0 spiro atoms. The SMILES string of the molecule is Cc1ccc(SCCNC(=O)/C=C/c2cnn(-c3ccccc3)c2)cc1. The number of carbonyl (C=O) groups is 1. The summed E-state index contributed by atoms with van der Waals surface area (Å²) in [7, 11) is 0. The summed E-state index contributed by atoms with van der Waals surface area (Å²) in [5, 5.41) is 7.21. The Hall–Kier alpha value is -2.79. The van der Waals surface area contributed by atoms with Crippen LogP contribution in [-0.2, 0) is 4.79 Å². The van der Waals surface area contributed by atoms with Gasteiger partial charge in [0, 0.05) is 35.0 Å². The van der Waals surface area contributed by atoms with Crippen molar-refractivity contribution in [2.45, 2.75) is 11.8 Å². The van der Waals surface area contributed by atoms with Crippen molar-refractivity contribution in [2.75, 3.05) is 12.3 Å². The molecule has 0 bridgehead atoms. The van der Waals surface area contributed by atoms with Gasteiger partial charge >= 0.3 is 0 Å². The highest BCUT2D eigenvalue weighted by molar-refractivity contribution is 7.99. The summed E-state index contributed by atoms with van der Waals surface area (Å²) >= 11 is 1.73. The quantitative estimate of drug-likeness (QED) is 0.390. The Balaban J connectivity index is 1.43. The normalized spacial score (nSPS) is 11.0. The first-order valence-corrected chi connectivity index (χ1v) is 9.45. The number of aromatic nitrogens is 2. The van der Waals surface area contributed by atoms with Crippen molar-refractivity contribution in [1.82, 2.24) is 15.1 Å². The molecular weight excluding hydrogens is 342 g/mol. The van der Waals surface area contributed by atoms with E-state index in [4.69, 9.17) is 0 Å². The van der Waals surface area contributed by atoms with Crippen molar-refractivity contribution in [3.8, 4) is 5.69 Å². The van der Waals surface area contributed by atoms with Crippen LogP contribution in [0.3, 0.4) is 0 Å². The fourth-order valence-corrected chi connectivity index (χ4v) is 3.12. The number of thioether (sulfide) groups is 1. The Morgan fingerprint density at radius 3 is 2.69 bits per heavy atom. The van der Waals surface area contributed by atoms with E-state index in [9.17, 15) is 4.79 Å². The summed E-state index contributed by atoms with van der Waals surface area (Å²) < 4.78 is 1.79. The van der Waals surface area contributed by atoms with E-state index in [0.29, 0.717) is 6.54 Å². The molecule has 0 saturated carbocycles. The molecule has 0 saturated heterocycles. The Labute approximate surface area is 157 Å². The van der Waals surface area contributed by atoms with E-state index in [0.717, 1.165) is 17.0 Å². The van der Waals surface area contributed by atoms with Gasteiger partial charge < -0.3 is 5.32 Å². The van der Waals surface area contributed by atoms with Crippen LogP contribution in [0.5, 0.6) is 0 Å². The van der Waals surface area contributed by atoms with Gasteiger partial charge in [-0.3, -0.25) is 4.79 Å². The lowest BCUT2D eigenvalue weighted by atomic mass is 10.2. The van der Waals surface area contributed by atoms with Gasteiger partial charge in [-0.15, -0.1) is 11.8 Å². The third-order valence-corrected chi connectivity index (χ3v) is 4.76. The standard InChI is InChI=1S/C21H21N3OS/c1-17-7-10-20(11-8-17)26-14-13-22-21(25)12-9-18-15-23-24(16-18)19-5-3-2-4-6-19/h2-12,15-16H,13-14H2,1H3,(H,22,25)/b12-9+. The van der Waals surface area contributed by atoms with Gasteiger partial charge in [0.2, 0.25) is 5.91 Å². The first-order valence-electron chi connectivity index (χ1n) is 8.46. The maximum absolute atomic E-state index is 11.9. The number of para-hydroxylation sites is 1. The topological polar surface area (TPSA) is 46.9 Å². The monoisotopic (exact) mass is 363 g/mol. The zero-order valence-electron chi connectivity index (χ0n) is 14.6. The second-order valence-electron chi connectivity index (χ2n) is 5.84. The second kappa shape index (κ2) is 9.06. The lowest BCUT2D eigenvalue weighted by Gasteiger charge is -2.03. The fraction of sp³-hybridized carbons (Fsp3) is 0.143. The summed E-state index contributed by atoms with van der Waals surface area (Å²) in [5.41, 5.74) is 3.13. The van der Waals surface area contributed by atoms with Crippen LogP contribution in [0.1, 0.15) is 11.1 Å². The molecule has 0 unspecified atom stereocenters. The first-order chi connectivity index (χ1) is 12.7. The predicted molar refractivity (Wildman–Crippen MR) is 108 cm³/mol. The summed E-state index contributed by atoms with van der Waals surface area (Å²) in [5.74, 6) is 0.746. The van der Waals surface area contributed by atoms with Crippen LogP contribution < -0.4 is 5.32 Å². The number of carbonyl (C=O) groups excluding carboxylic acids is 1. The molecule has 1 heterocycles. The molecule has 0 aliphatic carbocycles. The van der Waals surface area contributed by atoms with E-state index in [-0.39, 0.29) is 5.91 Å². The lowest BCUT2D eigenvalue weighted by Crippen LogP contribution is -2.23. The molecule has 26 heavy (non-hydrogen) atoms. The highest BCUT2D eigenvalue weighted by atomic mass is 32.2. The average molecular weight is 363 g/mol. The van der Waals surface area contributed by atoms with E-state index < -0.39 is 0 Å². The van der Waals surface area contributed by atoms with Gasteiger partial charge in [-0.25, -0.2) is 4.68 Å². The van der Waals surface area contributed by atoms with Gasteiger partial charge in [0.25, 0.3) is 0 Å². The highest BCUT2D eigenvalue weighted by Gasteiger charge is 2.00. The third-order valence-electron chi connectivity index (χ3n) is 3.74. The van der Waals surface area contributed by atoms with Crippen molar-refractivity contribution in [2.24, 2.45) is 0 Å². The molecule has 0 atom stereocenters. The molecule has 0 fully saturated rings. The van der Waals surface area contributed by atoms with Crippen molar-refractivity contribution in [3.05, 3.63) is 84.2 Å². The zero-order chi connectivity index (χ0) is 18.2. The Kier molecular flexibility index (Phi) is 6.28. The summed E-state index contributed by atoms with van der Waals surface area (Å²) in [6.45, 7) is 2.70. The lowest BCUT2D eigenvalue weighted by molar-refractivity contribution is -0.116. The molecule has 3 aromatic rings.